The lowest BCUT2D eigenvalue weighted by Gasteiger charge is -2.14. The van der Waals surface area contributed by atoms with E-state index >= 15 is 0 Å². The fourth-order valence-electron chi connectivity index (χ4n) is 2.41. The lowest BCUT2D eigenvalue weighted by molar-refractivity contribution is -0.133. The van der Waals surface area contributed by atoms with Gasteiger partial charge in [-0.3, -0.25) is 4.79 Å². The van der Waals surface area contributed by atoms with Gasteiger partial charge in [0.1, 0.15) is 17.3 Å². The molecule has 23 heavy (non-hydrogen) atoms. The molecule has 1 aromatic carbocycles. The number of para-hydroxylation sites is 1. The number of nitrogens with zero attached hydrogens (tertiary/aromatic N) is 1. The Morgan fingerprint density at radius 2 is 2.00 bits per heavy atom. The van der Waals surface area contributed by atoms with Crippen molar-refractivity contribution >= 4 is 28.0 Å². The van der Waals surface area contributed by atoms with Gasteiger partial charge in [0.25, 0.3) is 5.56 Å². The van der Waals surface area contributed by atoms with Gasteiger partial charge in [-0.15, -0.1) is 0 Å². The van der Waals surface area contributed by atoms with Crippen LogP contribution in [0.4, 0.5) is 0 Å². The van der Waals surface area contributed by atoms with E-state index in [1.165, 1.54) is 7.11 Å². The minimum Gasteiger partial charge on any atom is -0.465 e. The smallest absolute Gasteiger partial charge is 0.341 e. The fourth-order valence-corrected chi connectivity index (χ4v) is 2.41. The molecule has 0 bridgehead atoms. The van der Waals surface area contributed by atoms with E-state index in [0.717, 1.165) is 0 Å². The predicted octanol–water partition coefficient (Wildman–Crippen LogP) is 1.93. The minimum absolute atomic E-state index is 0.143. The second kappa shape index (κ2) is 6.20. The summed E-state index contributed by atoms with van der Waals surface area (Å²) in [5, 5.41) is 9.71. The number of hydrogen-bond donors (Lipinski definition) is 2. The van der Waals surface area contributed by atoms with Gasteiger partial charge < -0.3 is 15.5 Å². The minimum atomic E-state index is -0.790. The van der Waals surface area contributed by atoms with Crippen LogP contribution >= 0.6 is 0 Å². The van der Waals surface area contributed by atoms with Gasteiger partial charge in [0.15, 0.2) is 0 Å². The van der Waals surface area contributed by atoms with Gasteiger partial charge in [0.05, 0.1) is 12.7 Å². The highest BCUT2D eigenvalue weighted by Gasteiger charge is 2.25. The normalized spacial score (nSPS) is 11.5. The first-order chi connectivity index (χ1) is 10.9. The first-order valence-electron chi connectivity index (χ1n) is 6.71. The Balaban J connectivity index is 3.11. The molecule has 1 heterocycles. The van der Waals surface area contributed by atoms with Crippen LogP contribution in [-0.2, 0) is 9.53 Å². The number of carbonyl (C=O) groups excluding carboxylic acids is 1. The number of aromatic amines is 1. The van der Waals surface area contributed by atoms with Crippen molar-refractivity contribution in [2.24, 2.45) is 5.73 Å². The van der Waals surface area contributed by atoms with Crippen LogP contribution in [0.15, 0.2) is 41.3 Å². The van der Waals surface area contributed by atoms with E-state index in [0.29, 0.717) is 16.5 Å². The number of allylic oxidation sites excluding steroid dienone is 2. The molecule has 0 aliphatic carbocycles. The van der Waals surface area contributed by atoms with Gasteiger partial charge in [-0.25, -0.2) is 4.79 Å². The van der Waals surface area contributed by atoms with Crippen molar-refractivity contribution in [2.45, 2.75) is 6.92 Å². The third kappa shape index (κ3) is 2.72. The number of pyridine rings is 1. The van der Waals surface area contributed by atoms with Crippen molar-refractivity contribution in [1.29, 1.82) is 5.26 Å². The SMILES string of the molecule is C=C(C)c1c(/C(C(=O)OC)=C(\N)C#N)c2ccccc2[nH]c1=O. The van der Waals surface area contributed by atoms with Crippen LogP contribution in [0, 0.1) is 11.3 Å². The Morgan fingerprint density at radius 3 is 2.57 bits per heavy atom. The topological polar surface area (TPSA) is 109 Å². The average molecular weight is 309 g/mol. The van der Waals surface area contributed by atoms with Crippen molar-refractivity contribution in [2.75, 3.05) is 7.11 Å². The molecule has 0 amide bonds. The Morgan fingerprint density at radius 1 is 1.35 bits per heavy atom. The molecule has 0 aliphatic heterocycles. The van der Waals surface area contributed by atoms with E-state index in [9.17, 15) is 9.59 Å². The van der Waals surface area contributed by atoms with Crippen molar-refractivity contribution in [3.8, 4) is 6.07 Å². The highest BCUT2D eigenvalue weighted by molar-refractivity contribution is 6.22. The molecule has 6 nitrogen and oxygen atoms in total. The summed E-state index contributed by atoms with van der Waals surface area (Å²) in [4.78, 5) is 27.3. The fraction of sp³-hybridized carbons (Fsp3) is 0.118. The van der Waals surface area contributed by atoms with Crippen LogP contribution in [0.1, 0.15) is 18.1 Å². The lowest BCUT2D eigenvalue weighted by atomic mass is 9.92. The van der Waals surface area contributed by atoms with Crippen molar-refractivity contribution in [1.82, 2.24) is 4.98 Å². The third-order valence-corrected chi connectivity index (χ3v) is 3.38. The summed E-state index contributed by atoms with van der Waals surface area (Å²) in [6.45, 7) is 5.43. The first-order valence-corrected chi connectivity index (χ1v) is 6.71. The Bertz CT molecular complexity index is 946. The Hall–Kier alpha value is -3.33. The van der Waals surface area contributed by atoms with Crippen LogP contribution in [0.3, 0.4) is 0 Å². The molecule has 2 rings (SSSR count). The molecule has 6 heteroatoms. The maximum Gasteiger partial charge on any atom is 0.341 e. The van der Waals surface area contributed by atoms with E-state index in [4.69, 9.17) is 15.7 Å². The summed E-state index contributed by atoms with van der Waals surface area (Å²) in [7, 11) is 1.18. The number of fused-ring (bicyclic) bond motifs is 1. The maximum absolute atomic E-state index is 12.4. The number of nitriles is 1. The number of H-pyrrole nitrogens is 1. The first kappa shape index (κ1) is 16.0. The average Bonchev–Trinajstić information content (AvgIpc) is 2.53. The zero-order chi connectivity index (χ0) is 17.1. The zero-order valence-corrected chi connectivity index (χ0v) is 12.8. The Labute approximate surface area is 132 Å². The molecule has 0 aliphatic rings. The molecule has 0 spiro atoms. The highest BCUT2D eigenvalue weighted by Crippen LogP contribution is 2.30. The molecule has 0 fully saturated rings. The second-order valence-electron chi connectivity index (χ2n) is 4.92. The molecule has 0 saturated heterocycles. The van der Waals surface area contributed by atoms with Crippen molar-refractivity contribution in [3.63, 3.8) is 0 Å². The number of hydrogen-bond acceptors (Lipinski definition) is 5. The van der Waals surface area contributed by atoms with Crippen LogP contribution < -0.4 is 11.3 Å². The van der Waals surface area contributed by atoms with Gasteiger partial charge in [-0.1, -0.05) is 24.8 Å². The molecule has 0 saturated carbocycles. The van der Waals surface area contributed by atoms with E-state index in [2.05, 4.69) is 11.6 Å². The molecule has 2 aromatic rings. The van der Waals surface area contributed by atoms with Crippen molar-refractivity contribution in [3.05, 3.63) is 58.0 Å². The van der Waals surface area contributed by atoms with E-state index in [1.54, 1.807) is 37.3 Å². The van der Waals surface area contributed by atoms with Crippen LogP contribution in [0.2, 0.25) is 0 Å². The molecule has 1 aromatic heterocycles. The van der Waals surface area contributed by atoms with E-state index < -0.39 is 11.5 Å². The summed E-state index contributed by atoms with van der Waals surface area (Å²) in [6.07, 6.45) is 0. The molecule has 116 valence electrons. The van der Waals surface area contributed by atoms with Gasteiger partial charge in [0.2, 0.25) is 0 Å². The van der Waals surface area contributed by atoms with Crippen molar-refractivity contribution < 1.29 is 9.53 Å². The molecule has 3 N–H and O–H groups in total. The van der Waals surface area contributed by atoms with Gasteiger partial charge >= 0.3 is 5.97 Å². The summed E-state index contributed by atoms with van der Waals surface area (Å²) in [5.74, 6) is -0.790. The predicted molar refractivity (Wildman–Crippen MR) is 88.0 cm³/mol. The van der Waals surface area contributed by atoms with E-state index in [-0.39, 0.29) is 22.4 Å². The quantitative estimate of drug-likeness (QED) is 0.511. The summed E-state index contributed by atoms with van der Waals surface area (Å²) in [6, 6.07) is 8.66. The number of methoxy groups -OCH3 is 1. The molecule has 0 radical (unpaired) electrons. The number of nitrogens with two attached hydrogens (primary N) is 1. The summed E-state index contributed by atoms with van der Waals surface area (Å²) >= 11 is 0. The molecule has 0 atom stereocenters. The maximum atomic E-state index is 12.4. The summed E-state index contributed by atoms with van der Waals surface area (Å²) in [5.41, 5.74) is 6.24. The lowest BCUT2D eigenvalue weighted by Crippen LogP contribution is -2.19. The number of aromatic nitrogens is 1. The van der Waals surface area contributed by atoms with Crippen LogP contribution in [0.25, 0.3) is 22.0 Å². The number of ether oxygens (including phenoxy) is 1. The highest BCUT2D eigenvalue weighted by atomic mass is 16.5. The molecular formula is C17H15N3O3. The second-order valence-corrected chi connectivity index (χ2v) is 4.92. The standard InChI is InChI=1S/C17H15N3O3/c1-9(2)13-14(15(11(19)8-18)17(22)23-3)10-6-4-5-7-12(10)20-16(13)21/h4-7H,1,19H2,2-3H3,(H,20,21)/b15-11+. The van der Waals surface area contributed by atoms with Gasteiger partial charge in [0, 0.05) is 16.5 Å². The third-order valence-electron chi connectivity index (χ3n) is 3.38. The number of carbonyl (C=O) groups is 1. The summed E-state index contributed by atoms with van der Waals surface area (Å²) < 4.78 is 4.74. The number of rotatable bonds is 3. The number of esters is 1. The van der Waals surface area contributed by atoms with E-state index in [1.807, 2.05) is 0 Å². The van der Waals surface area contributed by atoms with Gasteiger partial charge in [-0.2, -0.15) is 5.26 Å². The monoisotopic (exact) mass is 309 g/mol. The van der Waals surface area contributed by atoms with Crippen LogP contribution in [0.5, 0.6) is 0 Å². The number of benzene rings is 1. The largest absolute Gasteiger partial charge is 0.465 e. The van der Waals surface area contributed by atoms with Gasteiger partial charge in [-0.05, 0) is 18.6 Å². The molecule has 0 unspecified atom stereocenters. The zero-order valence-electron chi connectivity index (χ0n) is 12.8. The number of nitrogens with one attached hydrogen (secondary N) is 1. The van der Waals surface area contributed by atoms with Crippen LogP contribution in [-0.4, -0.2) is 18.1 Å². The molecular weight excluding hydrogens is 294 g/mol. The Kier molecular flexibility index (Phi) is 4.32.